The number of carbonyl (C=O) groups excluding carboxylic acids is 1. The molecule has 2 aromatic carbocycles. The lowest BCUT2D eigenvalue weighted by Crippen LogP contribution is -2.16. The summed E-state index contributed by atoms with van der Waals surface area (Å²) in [5.41, 5.74) is 2.43. The molecule has 1 heterocycles. The number of aromatic hydroxyl groups is 1. The van der Waals surface area contributed by atoms with Crippen LogP contribution in [0.3, 0.4) is 0 Å². The molecular formula is C22H24BrN5O4. The van der Waals surface area contributed by atoms with Crippen molar-refractivity contribution in [1.29, 1.82) is 0 Å². The lowest BCUT2D eigenvalue weighted by Gasteiger charge is -2.13. The van der Waals surface area contributed by atoms with Crippen molar-refractivity contribution in [2.75, 3.05) is 27.8 Å². The Hall–Kier alpha value is -3.24. The van der Waals surface area contributed by atoms with Gasteiger partial charge in [0.15, 0.2) is 12.3 Å². The minimum Gasteiger partial charge on any atom is -0.497 e. The Morgan fingerprint density at radius 1 is 1.19 bits per heavy atom. The normalized spacial score (nSPS) is 12.1. The summed E-state index contributed by atoms with van der Waals surface area (Å²) in [5, 5.41) is 23.0. The second-order valence-electron chi connectivity index (χ2n) is 7.26. The van der Waals surface area contributed by atoms with Crippen molar-refractivity contribution in [3.05, 3.63) is 52.5 Å². The number of aromatic nitrogens is 1. The number of hydrogen-bond acceptors (Lipinski definition) is 7. The molecule has 0 bridgehead atoms. The molecule has 9 nitrogen and oxygen atoms in total. The zero-order chi connectivity index (χ0) is 23.3. The summed E-state index contributed by atoms with van der Waals surface area (Å²) in [6.07, 6.45) is 0. The summed E-state index contributed by atoms with van der Waals surface area (Å²) in [6, 6.07) is 12.9. The summed E-state index contributed by atoms with van der Waals surface area (Å²) in [7, 11) is 5.37. The average molecular weight is 502 g/mol. The number of hydrogen-bond donors (Lipinski definition) is 1. The summed E-state index contributed by atoms with van der Waals surface area (Å²) in [4.78, 5) is 19.2. The Balaban J connectivity index is 1.72. The van der Waals surface area contributed by atoms with Crippen LogP contribution in [0, 0.1) is 0 Å². The highest BCUT2D eigenvalue weighted by Gasteiger charge is 2.18. The first-order valence-corrected chi connectivity index (χ1v) is 10.5. The standard InChI is InChI=1S/C22H24BrN5O4/c1-14(15-5-8-17(31-4)9-6-15)26-32-12-20(29)24-25-21-18-11-16(23)7-10-19(18)28(22(21)30)13-27(2)3/h5-11,30H,12-13H2,1-4H3/b25-24?,26-14+. The Bertz CT molecular complexity index is 1170. The zero-order valence-electron chi connectivity index (χ0n) is 18.2. The molecule has 10 heteroatoms. The number of ether oxygens (including phenoxy) is 1. The molecule has 1 N–H and O–H groups in total. The molecule has 3 rings (SSSR count). The third-order valence-corrected chi connectivity index (χ3v) is 5.05. The van der Waals surface area contributed by atoms with E-state index in [1.54, 1.807) is 18.6 Å². The molecule has 0 saturated heterocycles. The number of oxime groups is 1. The maximum Gasteiger partial charge on any atom is 0.304 e. The van der Waals surface area contributed by atoms with Gasteiger partial charge >= 0.3 is 5.91 Å². The van der Waals surface area contributed by atoms with Crippen LogP contribution >= 0.6 is 15.9 Å². The molecule has 0 atom stereocenters. The summed E-state index contributed by atoms with van der Waals surface area (Å²) >= 11 is 3.42. The maximum atomic E-state index is 12.1. The lowest BCUT2D eigenvalue weighted by molar-refractivity contribution is -0.122. The van der Waals surface area contributed by atoms with Gasteiger partial charge in [-0.15, -0.1) is 10.2 Å². The molecule has 1 amide bonds. The SMILES string of the molecule is COc1ccc(/C(C)=N/OCC(=O)N=Nc2c(O)n(CN(C)C)c3ccc(Br)cc23)cc1. The monoisotopic (exact) mass is 501 g/mol. The van der Waals surface area contributed by atoms with Crippen molar-refractivity contribution in [3.8, 4) is 11.6 Å². The van der Waals surface area contributed by atoms with E-state index in [0.29, 0.717) is 17.8 Å². The van der Waals surface area contributed by atoms with Gasteiger partial charge in [0.1, 0.15) is 5.75 Å². The summed E-state index contributed by atoms with van der Waals surface area (Å²) < 4.78 is 7.64. The maximum absolute atomic E-state index is 12.1. The number of rotatable bonds is 8. The van der Waals surface area contributed by atoms with Crippen LogP contribution in [-0.4, -0.2) is 54.0 Å². The van der Waals surface area contributed by atoms with Crippen LogP contribution in [0.1, 0.15) is 12.5 Å². The molecule has 0 aliphatic heterocycles. The van der Waals surface area contributed by atoms with Gasteiger partial charge in [0.25, 0.3) is 0 Å². The highest BCUT2D eigenvalue weighted by Crippen LogP contribution is 2.40. The Morgan fingerprint density at radius 3 is 2.56 bits per heavy atom. The number of methoxy groups -OCH3 is 1. The molecule has 168 valence electrons. The minimum absolute atomic E-state index is 0.0716. The first-order chi connectivity index (χ1) is 15.3. The number of benzene rings is 2. The van der Waals surface area contributed by atoms with Gasteiger partial charge < -0.3 is 14.7 Å². The second kappa shape index (κ2) is 10.4. The molecule has 3 aromatic rings. The van der Waals surface area contributed by atoms with Crippen LogP contribution in [0.4, 0.5) is 5.69 Å². The Labute approximate surface area is 194 Å². The predicted octanol–water partition coefficient (Wildman–Crippen LogP) is 4.69. The van der Waals surface area contributed by atoms with Crippen LogP contribution < -0.4 is 4.74 Å². The average Bonchev–Trinajstić information content (AvgIpc) is 3.02. The highest BCUT2D eigenvalue weighted by atomic mass is 79.9. The van der Waals surface area contributed by atoms with Crippen LogP contribution in [0.25, 0.3) is 10.9 Å². The molecule has 32 heavy (non-hydrogen) atoms. The van der Waals surface area contributed by atoms with Gasteiger partial charge in [-0.2, -0.15) is 0 Å². The van der Waals surface area contributed by atoms with Crippen molar-refractivity contribution in [3.63, 3.8) is 0 Å². The Kier molecular flexibility index (Phi) is 7.60. The fourth-order valence-electron chi connectivity index (χ4n) is 3.02. The van der Waals surface area contributed by atoms with Gasteiger partial charge in [0, 0.05) is 9.86 Å². The van der Waals surface area contributed by atoms with Gasteiger partial charge in [0.2, 0.25) is 5.88 Å². The van der Waals surface area contributed by atoms with E-state index in [1.807, 2.05) is 61.5 Å². The Morgan fingerprint density at radius 2 is 1.91 bits per heavy atom. The first kappa shape index (κ1) is 23.4. The van der Waals surface area contributed by atoms with Crippen molar-refractivity contribution < 1.29 is 19.5 Å². The van der Waals surface area contributed by atoms with E-state index in [9.17, 15) is 9.90 Å². The van der Waals surface area contributed by atoms with E-state index in [2.05, 4.69) is 31.3 Å². The molecule has 1 aromatic heterocycles. The molecule has 0 fully saturated rings. The van der Waals surface area contributed by atoms with Gasteiger partial charge in [-0.3, -0.25) is 14.3 Å². The van der Waals surface area contributed by atoms with E-state index < -0.39 is 5.91 Å². The summed E-state index contributed by atoms with van der Waals surface area (Å²) in [5.74, 6) is 0.0390. The highest BCUT2D eigenvalue weighted by molar-refractivity contribution is 9.10. The minimum atomic E-state index is -0.626. The third kappa shape index (κ3) is 5.51. The number of carbonyl (C=O) groups is 1. The second-order valence-corrected chi connectivity index (χ2v) is 8.17. The van der Waals surface area contributed by atoms with Crippen molar-refractivity contribution >= 4 is 44.1 Å². The van der Waals surface area contributed by atoms with E-state index in [-0.39, 0.29) is 18.2 Å². The molecule has 0 unspecified atom stereocenters. The predicted molar refractivity (Wildman–Crippen MR) is 126 cm³/mol. The quantitative estimate of drug-likeness (QED) is 0.274. The number of nitrogens with zero attached hydrogens (tertiary/aromatic N) is 5. The number of fused-ring (bicyclic) bond motifs is 1. The van der Waals surface area contributed by atoms with Crippen LogP contribution in [0.15, 0.2) is 62.3 Å². The van der Waals surface area contributed by atoms with E-state index in [0.717, 1.165) is 21.3 Å². The number of halogens is 1. The fourth-order valence-corrected chi connectivity index (χ4v) is 3.39. The molecule has 0 aliphatic carbocycles. The van der Waals surface area contributed by atoms with Gasteiger partial charge in [-0.1, -0.05) is 21.1 Å². The molecule has 0 radical (unpaired) electrons. The van der Waals surface area contributed by atoms with Crippen LogP contribution in [0.2, 0.25) is 0 Å². The smallest absolute Gasteiger partial charge is 0.304 e. The van der Waals surface area contributed by atoms with Gasteiger partial charge in [-0.25, -0.2) is 0 Å². The van der Waals surface area contributed by atoms with Crippen molar-refractivity contribution in [2.24, 2.45) is 15.4 Å². The van der Waals surface area contributed by atoms with Crippen LogP contribution in [0.5, 0.6) is 11.6 Å². The summed E-state index contributed by atoms with van der Waals surface area (Å²) in [6.45, 7) is 1.83. The van der Waals surface area contributed by atoms with E-state index >= 15 is 0 Å². The van der Waals surface area contributed by atoms with E-state index in [1.165, 1.54) is 0 Å². The van der Waals surface area contributed by atoms with Crippen LogP contribution in [-0.2, 0) is 16.3 Å². The molecule has 0 spiro atoms. The van der Waals surface area contributed by atoms with Crippen molar-refractivity contribution in [2.45, 2.75) is 13.6 Å². The van der Waals surface area contributed by atoms with Gasteiger partial charge in [-0.05, 0) is 69.0 Å². The fraction of sp³-hybridized carbons (Fsp3) is 0.273. The lowest BCUT2D eigenvalue weighted by atomic mass is 10.1. The van der Waals surface area contributed by atoms with E-state index in [4.69, 9.17) is 9.57 Å². The largest absolute Gasteiger partial charge is 0.497 e. The topological polar surface area (TPSA) is 101 Å². The first-order valence-electron chi connectivity index (χ1n) is 9.71. The molecule has 0 aliphatic rings. The van der Waals surface area contributed by atoms with Gasteiger partial charge in [0.05, 0.1) is 25.0 Å². The zero-order valence-corrected chi connectivity index (χ0v) is 19.8. The third-order valence-electron chi connectivity index (χ3n) is 4.56. The number of azo groups is 1. The van der Waals surface area contributed by atoms with Crippen molar-refractivity contribution in [1.82, 2.24) is 9.47 Å². The molecule has 0 saturated carbocycles. The molecular weight excluding hydrogens is 478 g/mol. The number of amides is 1.